The van der Waals surface area contributed by atoms with Crippen LogP contribution in [0.4, 0.5) is 26.3 Å². The van der Waals surface area contributed by atoms with Gasteiger partial charge in [-0.1, -0.05) is 18.2 Å². The summed E-state index contributed by atoms with van der Waals surface area (Å²) in [6, 6.07) is 5.58. The van der Waals surface area contributed by atoms with E-state index < -0.39 is 52.8 Å². The molecule has 1 saturated heterocycles. The predicted octanol–water partition coefficient (Wildman–Crippen LogP) is 3.66. The van der Waals surface area contributed by atoms with E-state index >= 15 is 0 Å². The lowest BCUT2D eigenvalue weighted by Crippen LogP contribution is -2.52. The van der Waals surface area contributed by atoms with E-state index in [0.29, 0.717) is 38.4 Å². The molecule has 0 aliphatic carbocycles. The fourth-order valence-electron chi connectivity index (χ4n) is 4.08. The fourth-order valence-corrected chi connectivity index (χ4v) is 4.08. The second-order valence-electron chi connectivity index (χ2n) is 7.93. The highest BCUT2D eigenvalue weighted by Gasteiger charge is 2.43. The summed E-state index contributed by atoms with van der Waals surface area (Å²) in [5.41, 5.74) is -0.570. The van der Waals surface area contributed by atoms with E-state index in [1.165, 1.54) is 18.2 Å². The van der Waals surface area contributed by atoms with Gasteiger partial charge in [-0.25, -0.2) is 5.01 Å². The van der Waals surface area contributed by atoms with Crippen LogP contribution in [-0.4, -0.2) is 43.1 Å². The van der Waals surface area contributed by atoms with Gasteiger partial charge in [0.2, 0.25) is 5.91 Å². The first-order valence-electron chi connectivity index (χ1n) is 10.3. The first-order chi connectivity index (χ1) is 15.9. The van der Waals surface area contributed by atoms with Crippen LogP contribution in [0.1, 0.15) is 44.6 Å². The van der Waals surface area contributed by atoms with E-state index in [1.807, 2.05) is 0 Å². The van der Waals surface area contributed by atoms with Crippen molar-refractivity contribution in [2.45, 2.75) is 24.3 Å². The minimum atomic E-state index is -5.07. The number of rotatable bonds is 3. The Hall–Kier alpha value is -3.12. The van der Waals surface area contributed by atoms with E-state index in [2.05, 4.69) is 10.7 Å². The van der Waals surface area contributed by atoms with Gasteiger partial charge in [0.1, 0.15) is 0 Å². The van der Waals surface area contributed by atoms with Crippen LogP contribution in [0.25, 0.3) is 0 Å². The van der Waals surface area contributed by atoms with Crippen molar-refractivity contribution >= 4 is 11.8 Å². The molecule has 2 N–H and O–H groups in total. The minimum Gasteiger partial charge on any atom is -0.379 e. The van der Waals surface area contributed by atoms with Crippen LogP contribution in [0, 0.1) is 0 Å². The Balaban J connectivity index is 1.81. The first-order valence-corrected chi connectivity index (χ1v) is 10.3. The third kappa shape index (κ3) is 4.87. The second kappa shape index (κ2) is 8.91. The van der Waals surface area contributed by atoms with E-state index in [1.54, 1.807) is 11.1 Å². The Kier molecular flexibility index (Phi) is 6.30. The summed E-state index contributed by atoms with van der Waals surface area (Å²) in [5.74, 6) is -2.66. The Morgan fingerprint density at radius 3 is 2.15 bits per heavy atom. The highest BCUT2D eigenvalue weighted by atomic mass is 19.4. The van der Waals surface area contributed by atoms with Crippen LogP contribution in [-0.2, 0) is 21.9 Å². The summed E-state index contributed by atoms with van der Waals surface area (Å²) in [5, 5.41) is 3.99. The Morgan fingerprint density at radius 2 is 1.56 bits per heavy atom. The van der Waals surface area contributed by atoms with Gasteiger partial charge in [0.15, 0.2) is 0 Å². The smallest absolute Gasteiger partial charge is 0.379 e. The van der Waals surface area contributed by atoms with Crippen LogP contribution in [0.5, 0.6) is 0 Å². The molecule has 182 valence electrons. The lowest BCUT2D eigenvalue weighted by atomic mass is 9.80. The van der Waals surface area contributed by atoms with Crippen molar-refractivity contribution in [1.29, 1.82) is 0 Å². The highest BCUT2D eigenvalue weighted by Crippen LogP contribution is 2.42. The van der Waals surface area contributed by atoms with Gasteiger partial charge < -0.3 is 10.1 Å². The zero-order valence-electron chi connectivity index (χ0n) is 17.5. The summed E-state index contributed by atoms with van der Waals surface area (Å²) >= 11 is 0. The quantitative estimate of drug-likeness (QED) is 0.649. The van der Waals surface area contributed by atoms with Crippen LogP contribution in [0.15, 0.2) is 42.5 Å². The number of carbonyl (C=O) groups excluding carboxylic acids is 2. The van der Waals surface area contributed by atoms with Gasteiger partial charge in [0.05, 0.1) is 36.3 Å². The van der Waals surface area contributed by atoms with Crippen molar-refractivity contribution < 1.29 is 40.7 Å². The fraction of sp³-hybridized carbons (Fsp3) is 0.364. The van der Waals surface area contributed by atoms with Crippen LogP contribution in [0.2, 0.25) is 0 Å². The molecule has 2 aromatic rings. The van der Waals surface area contributed by atoms with Gasteiger partial charge >= 0.3 is 12.4 Å². The molecule has 6 nitrogen and oxygen atoms in total. The van der Waals surface area contributed by atoms with Crippen molar-refractivity contribution in [3.8, 4) is 0 Å². The van der Waals surface area contributed by atoms with Gasteiger partial charge in [-0.05, 0) is 35.4 Å². The highest BCUT2D eigenvalue weighted by molar-refractivity contribution is 6.01. The molecule has 34 heavy (non-hydrogen) atoms. The number of nitrogens with one attached hydrogen (secondary N) is 2. The molecule has 2 aliphatic heterocycles. The number of benzene rings is 2. The molecule has 0 saturated carbocycles. The monoisotopic (exact) mass is 487 g/mol. The molecule has 2 amide bonds. The average molecular weight is 487 g/mol. The topological polar surface area (TPSA) is 70.7 Å². The largest absolute Gasteiger partial charge is 0.416 e. The molecule has 0 spiro atoms. The number of amides is 2. The number of nitrogens with zero attached hydrogens (tertiary/aromatic N) is 1. The average Bonchev–Trinajstić information content (AvgIpc) is 2.78. The van der Waals surface area contributed by atoms with Crippen molar-refractivity contribution in [2.75, 3.05) is 26.3 Å². The number of alkyl halides is 6. The molecular weight excluding hydrogens is 468 g/mol. The molecule has 12 heteroatoms. The molecule has 4 rings (SSSR count). The number of hydrazine groups is 1. The molecule has 1 unspecified atom stereocenters. The number of carbonyl (C=O) groups is 2. The first kappa shape index (κ1) is 24.0. The zero-order chi connectivity index (χ0) is 24.7. The van der Waals surface area contributed by atoms with Crippen molar-refractivity contribution in [3.63, 3.8) is 0 Å². The summed E-state index contributed by atoms with van der Waals surface area (Å²) in [6.45, 7) is 1.37. The lowest BCUT2D eigenvalue weighted by molar-refractivity contribution is -0.143. The van der Waals surface area contributed by atoms with E-state index in [-0.39, 0.29) is 17.2 Å². The number of morpholine rings is 1. The number of fused-ring (bicyclic) bond motifs is 1. The molecule has 2 atom stereocenters. The standard InChI is InChI=1S/C22H19F6N3O3/c23-21(24,25)13-9-12(10-14(11-13)22(26,27)28)18-17(20(33)30-31-5-7-34-8-6-31)15-3-1-2-4-16(15)19(32)29-18/h1-4,9-11,17-18H,5-8H2,(H,29,32)(H,30,33)/t17?,18-/m1/s1. The molecule has 2 heterocycles. The molecule has 0 aromatic heterocycles. The molecular formula is C22H19F6N3O3. The Labute approximate surface area is 189 Å². The van der Waals surface area contributed by atoms with Crippen LogP contribution < -0.4 is 10.7 Å². The molecule has 0 bridgehead atoms. The Bertz CT molecular complexity index is 1060. The zero-order valence-corrected chi connectivity index (χ0v) is 17.5. The van der Waals surface area contributed by atoms with Crippen molar-refractivity contribution in [1.82, 2.24) is 15.8 Å². The molecule has 1 fully saturated rings. The van der Waals surface area contributed by atoms with Gasteiger partial charge in [-0.15, -0.1) is 0 Å². The number of ether oxygens (including phenoxy) is 1. The van der Waals surface area contributed by atoms with Gasteiger partial charge in [-0.3, -0.25) is 15.0 Å². The van der Waals surface area contributed by atoms with E-state index in [0.717, 1.165) is 0 Å². The van der Waals surface area contributed by atoms with Crippen molar-refractivity contribution in [2.24, 2.45) is 0 Å². The maximum atomic E-state index is 13.4. The predicted molar refractivity (Wildman–Crippen MR) is 106 cm³/mol. The maximum absolute atomic E-state index is 13.4. The normalized spacial score (nSPS) is 21.5. The third-order valence-electron chi connectivity index (χ3n) is 5.69. The number of hydrogen-bond donors (Lipinski definition) is 2. The van der Waals surface area contributed by atoms with Gasteiger partial charge in [0.25, 0.3) is 5.91 Å². The maximum Gasteiger partial charge on any atom is 0.416 e. The summed E-state index contributed by atoms with van der Waals surface area (Å²) in [7, 11) is 0. The summed E-state index contributed by atoms with van der Waals surface area (Å²) < 4.78 is 85.8. The summed E-state index contributed by atoms with van der Waals surface area (Å²) in [6.07, 6.45) is -10.1. The molecule has 0 radical (unpaired) electrons. The van der Waals surface area contributed by atoms with Crippen LogP contribution >= 0.6 is 0 Å². The minimum absolute atomic E-state index is 0.00486. The number of hydrogen-bond acceptors (Lipinski definition) is 4. The molecule has 2 aromatic carbocycles. The van der Waals surface area contributed by atoms with Gasteiger partial charge in [-0.2, -0.15) is 26.3 Å². The lowest BCUT2D eigenvalue weighted by Gasteiger charge is -2.36. The number of halogens is 6. The van der Waals surface area contributed by atoms with Crippen LogP contribution in [0.3, 0.4) is 0 Å². The Morgan fingerprint density at radius 1 is 0.971 bits per heavy atom. The SMILES string of the molecule is O=C1N[C@H](c2cc(C(F)(F)F)cc(C(F)(F)F)c2)C(C(=O)NN2CCOCC2)c2ccccc21. The third-order valence-corrected chi connectivity index (χ3v) is 5.69. The summed E-state index contributed by atoms with van der Waals surface area (Å²) in [4.78, 5) is 26.0. The van der Waals surface area contributed by atoms with E-state index in [4.69, 9.17) is 4.74 Å². The van der Waals surface area contributed by atoms with E-state index in [9.17, 15) is 35.9 Å². The van der Waals surface area contributed by atoms with Gasteiger partial charge in [0, 0.05) is 18.7 Å². The van der Waals surface area contributed by atoms with Crippen molar-refractivity contribution in [3.05, 3.63) is 70.3 Å². The second-order valence-corrected chi connectivity index (χ2v) is 7.93. The molecule has 2 aliphatic rings.